The number of fused-ring (bicyclic) bond motifs is 1. The highest BCUT2D eigenvalue weighted by Crippen LogP contribution is 2.31. The van der Waals surface area contributed by atoms with Crippen LogP contribution in [0.2, 0.25) is 0 Å². The molecule has 0 saturated carbocycles. The molecule has 0 saturated heterocycles. The summed E-state index contributed by atoms with van der Waals surface area (Å²) in [5.41, 5.74) is -2.83. The van der Waals surface area contributed by atoms with Crippen LogP contribution < -0.4 is 10.9 Å². The monoisotopic (exact) mass is 349 g/mol. The van der Waals surface area contributed by atoms with Crippen LogP contribution >= 0.6 is 0 Å². The number of amides is 1. The third-order valence-electron chi connectivity index (χ3n) is 3.46. The maximum absolute atomic E-state index is 12.7. The van der Waals surface area contributed by atoms with Gasteiger partial charge in [0.2, 0.25) is 0 Å². The van der Waals surface area contributed by atoms with Gasteiger partial charge in [0.05, 0.1) is 10.9 Å². The van der Waals surface area contributed by atoms with Gasteiger partial charge in [-0.1, -0.05) is 18.2 Å². The lowest BCUT2D eigenvalue weighted by Gasteiger charge is -2.10. The Morgan fingerprint density at radius 1 is 1.08 bits per heavy atom. The van der Waals surface area contributed by atoms with E-state index in [4.69, 9.17) is 4.42 Å². The van der Waals surface area contributed by atoms with Gasteiger partial charge in [0.1, 0.15) is 11.3 Å². The summed E-state index contributed by atoms with van der Waals surface area (Å²) < 4.78 is 43.1. The van der Waals surface area contributed by atoms with Crippen molar-refractivity contribution in [2.45, 2.75) is 6.18 Å². The van der Waals surface area contributed by atoms with Crippen LogP contribution in [0.1, 0.15) is 15.9 Å². The molecule has 1 heterocycles. The maximum Gasteiger partial charge on any atom is 0.416 e. The summed E-state index contributed by atoms with van der Waals surface area (Å²) in [6, 6.07) is 9.92. The summed E-state index contributed by atoms with van der Waals surface area (Å²) in [7, 11) is 0. The second-order valence-electron chi connectivity index (χ2n) is 5.14. The number of rotatable bonds is 2. The fourth-order valence-corrected chi connectivity index (χ4v) is 2.30. The minimum Gasteiger partial charge on any atom is -0.506 e. The van der Waals surface area contributed by atoms with E-state index >= 15 is 0 Å². The Balaban J connectivity index is 2.00. The van der Waals surface area contributed by atoms with Gasteiger partial charge in [-0.3, -0.25) is 4.79 Å². The quantitative estimate of drug-likeness (QED) is 0.690. The van der Waals surface area contributed by atoms with Gasteiger partial charge in [-0.2, -0.15) is 13.2 Å². The third-order valence-corrected chi connectivity index (χ3v) is 3.46. The lowest BCUT2D eigenvalue weighted by atomic mass is 10.1. The molecule has 0 fully saturated rings. The first-order valence-electron chi connectivity index (χ1n) is 7.01. The fourth-order valence-electron chi connectivity index (χ4n) is 2.30. The molecule has 5 nitrogen and oxygen atoms in total. The zero-order chi connectivity index (χ0) is 18.2. The molecule has 8 heteroatoms. The number of carbonyl (C=O) groups excluding carboxylic acids is 1. The van der Waals surface area contributed by atoms with Crippen LogP contribution in [-0.4, -0.2) is 11.0 Å². The van der Waals surface area contributed by atoms with Crippen molar-refractivity contribution in [3.8, 4) is 5.75 Å². The van der Waals surface area contributed by atoms with E-state index in [1.165, 1.54) is 18.2 Å². The first kappa shape index (κ1) is 16.6. The van der Waals surface area contributed by atoms with E-state index < -0.39 is 34.6 Å². The van der Waals surface area contributed by atoms with Crippen LogP contribution in [0.3, 0.4) is 0 Å². The highest BCUT2D eigenvalue weighted by atomic mass is 19.4. The van der Waals surface area contributed by atoms with E-state index in [9.17, 15) is 27.9 Å². The largest absolute Gasteiger partial charge is 0.506 e. The predicted octanol–water partition coefficient (Wildman–Crippen LogP) is 3.77. The Hall–Kier alpha value is -3.29. The van der Waals surface area contributed by atoms with Gasteiger partial charge in [-0.25, -0.2) is 4.79 Å². The SMILES string of the molecule is O=C(Nc1cccc(C(F)(F)F)c1)c1c(O)c2ccccc2oc1=O. The molecule has 0 radical (unpaired) electrons. The topological polar surface area (TPSA) is 79.5 Å². The third kappa shape index (κ3) is 3.18. The summed E-state index contributed by atoms with van der Waals surface area (Å²) in [6.07, 6.45) is -4.58. The van der Waals surface area contributed by atoms with Crippen molar-refractivity contribution < 1.29 is 27.5 Å². The van der Waals surface area contributed by atoms with Crippen LogP contribution in [0.25, 0.3) is 11.0 Å². The number of nitrogens with one attached hydrogen (secondary N) is 1. The molecule has 25 heavy (non-hydrogen) atoms. The van der Waals surface area contributed by atoms with Crippen molar-refractivity contribution in [1.29, 1.82) is 0 Å². The van der Waals surface area contributed by atoms with Gasteiger partial charge in [-0.05, 0) is 30.3 Å². The van der Waals surface area contributed by atoms with E-state index in [2.05, 4.69) is 5.32 Å². The first-order valence-corrected chi connectivity index (χ1v) is 7.01. The Bertz CT molecular complexity index is 1020. The number of halogens is 3. The predicted molar refractivity (Wildman–Crippen MR) is 83.5 cm³/mol. The highest BCUT2D eigenvalue weighted by Gasteiger charge is 2.30. The minimum atomic E-state index is -4.58. The molecule has 3 aromatic rings. The molecule has 3 rings (SSSR count). The van der Waals surface area contributed by atoms with Crippen molar-refractivity contribution in [1.82, 2.24) is 0 Å². The maximum atomic E-state index is 12.7. The first-order chi connectivity index (χ1) is 11.8. The average Bonchev–Trinajstić information content (AvgIpc) is 2.54. The van der Waals surface area contributed by atoms with Gasteiger partial charge in [0.25, 0.3) is 5.91 Å². The molecule has 128 valence electrons. The Labute approximate surface area is 138 Å². The zero-order valence-electron chi connectivity index (χ0n) is 12.4. The Morgan fingerprint density at radius 2 is 1.80 bits per heavy atom. The molecule has 0 aliphatic heterocycles. The molecule has 2 aromatic carbocycles. The van der Waals surface area contributed by atoms with Gasteiger partial charge >= 0.3 is 11.8 Å². The van der Waals surface area contributed by atoms with Crippen LogP contribution in [-0.2, 0) is 6.18 Å². The van der Waals surface area contributed by atoms with Crippen molar-refractivity contribution >= 4 is 22.6 Å². The number of hydrogen-bond acceptors (Lipinski definition) is 4. The van der Waals surface area contributed by atoms with Gasteiger partial charge in [-0.15, -0.1) is 0 Å². The molecule has 1 amide bonds. The molecule has 0 aliphatic carbocycles. The molecule has 0 unspecified atom stereocenters. The second kappa shape index (κ2) is 5.97. The number of anilines is 1. The summed E-state index contributed by atoms with van der Waals surface area (Å²) in [6.45, 7) is 0. The van der Waals surface area contributed by atoms with E-state index in [-0.39, 0.29) is 16.7 Å². The Morgan fingerprint density at radius 3 is 2.52 bits per heavy atom. The normalized spacial score (nSPS) is 11.5. The van der Waals surface area contributed by atoms with Gasteiger partial charge < -0.3 is 14.8 Å². The zero-order valence-corrected chi connectivity index (χ0v) is 12.4. The number of carbonyl (C=O) groups is 1. The van der Waals surface area contributed by atoms with Crippen molar-refractivity contribution in [2.75, 3.05) is 5.32 Å². The molecular formula is C17H10F3NO4. The summed E-state index contributed by atoms with van der Waals surface area (Å²) in [5, 5.41) is 12.5. The highest BCUT2D eigenvalue weighted by molar-refractivity contribution is 6.08. The number of aromatic hydroxyl groups is 1. The Kier molecular flexibility index (Phi) is 3.96. The summed E-state index contributed by atoms with van der Waals surface area (Å²) in [4.78, 5) is 24.2. The summed E-state index contributed by atoms with van der Waals surface area (Å²) >= 11 is 0. The standard InChI is InChI=1S/C17H10F3NO4/c18-17(19,20)9-4-3-5-10(8-9)21-15(23)13-14(22)11-6-1-2-7-12(11)25-16(13)24/h1-8,22H,(H,21,23). The number of benzene rings is 2. The smallest absolute Gasteiger partial charge is 0.416 e. The second-order valence-corrected chi connectivity index (χ2v) is 5.14. The lowest BCUT2D eigenvalue weighted by Crippen LogP contribution is -2.21. The van der Waals surface area contributed by atoms with Crippen molar-refractivity contribution in [3.05, 3.63) is 70.1 Å². The number of alkyl halides is 3. The van der Waals surface area contributed by atoms with Crippen LogP contribution in [0.5, 0.6) is 5.75 Å². The molecule has 2 N–H and O–H groups in total. The minimum absolute atomic E-state index is 0.0839. The van der Waals surface area contributed by atoms with Crippen LogP contribution in [0, 0.1) is 0 Å². The van der Waals surface area contributed by atoms with Gasteiger partial charge in [0.15, 0.2) is 5.56 Å². The molecule has 1 aromatic heterocycles. The molecule has 0 spiro atoms. The average molecular weight is 349 g/mol. The molecule has 0 aliphatic rings. The number of hydrogen-bond donors (Lipinski definition) is 2. The lowest BCUT2D eigenvalue weighted by molar-refractivity contribution is -0.137. The molecule has 0 atom stereocenters. The van der Waals surface area contributed by atoms with Crippen LogP contribution in [0.15, 0.2) is 57.7 Å². The number of para-hydroxylation sites is 1. The van der Waals surface area contributed by atoms with E-state index in [0.29, 0.717) is 0 Å². The van der Waals surface area contributed by atoms with Crippen molar-refractivity contribution in [3.63, 3.8) is 0 Å². The molecular weight excluding hydrogens is 339 g/mol. The van der Waals surface area contributed by atoms with E-state index in [1.807, 2.05) is 0 Å². The summed E-state index contributed by atoms with van der Waals surface area (Å²) in [5.74, 6) is -1.67. The van der Waals surface area contributed by atoms with Crippen LogP contribution in [0.4, 0.5) is 18.9 Å². The van der Waals surface area contributed by atoms with E-state index in [0.717, 1.165) is 18.2 Å². The van der Waals surface area contributed by atoms with Gasteiger partial charge in [0, 0.05) is 5.69 Å². The van der Waals surface area contributed by atoms with E-state index in [1.54, 1.807) is 12.1 Å². The molecule has 0 bridgehead atoms. The fraction of sp³-hybridized carbons (Fsp3) is 0.0588. The van der Waals surface area contributed by atoms with Crippen molar-refractivity contribution in [2.24, 2.45) is 0 Å².